The van der Waals surface area contributed by atoms with E-state index in [9.17, 15) is 13.2 Å². The number of hydrogen-bond acceptors (Lipinski definition) is 3. The largest absolute Gasteiger partial charge is 0.342 e. The molecule has 4 rings (SSSR count). The first-order chi connectivity index (χ1) is 9.05. The molecule has 2 saturated carbocycles. The summed E-state index contributed by atoms with van der Waals surface area (Å²) in [5, 5.41) is -0.149. The monoisotopic (exact) mass is 284 g/mol. The van der Waals surface area contributed by atoms with Gasteiger partial charge in [-0.25, -0.2) is 12.7 Å². The standard InChI is InChI=1S/C13H20N2O3S/c16-13-12-8-15(19(17,18)11-3-4-11)7-10(12)6-14(13)5-9-1-2-9/h9-12H,1-8H2/t10-,12+/m0/s1. The number of likely N-dealkylation sites (tertiary alicyclic amines) is 1. The Morgan fingerprint density at radius 1 is 1.05 bits per heavy atom. The van der Waals surface area contributed by atoms with Crippen LogP contribution >= 0.6 is 0 Å². The molecular weight excluding hydrogens is 264 g/mol. The maximum atomic E-state index is 12.3. The lowest BCUT2D eigenvalue weighted by Crippen LogP contribution is -2.37. The van der Waals surface area contributed by atoms with Crippen LogP contribution in [0.1, 0.15) is 25.7 Å². The summed E-state index contributed by atoms with van der Waals surface area (Å²) in [7, 11) is -3.10. The van der Waals surface area contributed by atoms with Crippen molar-refractivity contribution in [3.8, 4) is 0 Å². The molecule has 106 valence electrons. The number of rotatable bonds is 4. The number of nitrogens with zero attached hydrogens (tertiary/aromatic N) is 2. The Kier molecular flexibility index (Phi) is 2.52. The van der Waals surface area contributed by atoms with Crippen molar-refractivity contribution in [3.63, 3.8) is 0 Å². The molecule has 0 aromatic rings. The maximum absolute atomic E-state index is 12.3. The van der Waals surface area contributed by atoms with Gasteiger partial charge in [0.05, 0.1) is 11.2 Å². The van der Waals surface area contributed by atoms with Gasteiger partial charge < -0.3 is 4.90 Å². The average molecular weight is 284 g/mol. The molecule has 0 spiro atoms. The summed E-state index contributed by atoms with van der Waals surface area (Å²) in [6.45, 7) is 2.68. The van der Waals surface area contributed by atoms with Gasteiger partial charge in [0, 0.05) is 32.1 Å². The van der Waals surface area contributed by atoms with Crippen LogP contribution in [0.4, 0.5) is 0 Å². The normalized spacial score (nSPS) is 36.0. The van der Waals surface area contributed by atoms with E-state index >= 15 is 0 Å². The van der Waals surface area contributed by atoms with Gasteiger partial charge in [0.25, 0.3) is 0 Å². The van der Waals surface area contributed by atoms with Gasteiger partial charge in [0.2, 0.25) is 15.9 Å². The van der Waals surface area contributed by atoms with E-state index in [1.165, 1.54) is 12.8 Å². The quantitative estimate of drug-likeness (QED) is 0.745. The molecule has 2 atom stereocenters. The van der Waals surface area contributed by atoms with Gasteiger partial charge in [-0.05, 0) is 31.6 Å². The van der Waals surface area contributed by atoms with Crippen LogP contribution in [0.3, 0.4) is 0 Å². The number of carbonyl (C=O) groups is 1. The summed E-state index contributed by atoms with van der Waals surface area (Å²) in [4.78, 5) is 14.3. The zero-order valence-corrected chi connectivity index (χ0v) is 11.8. The Morgan fingerprint density at radius 2 is 1.79 bits per heavy atom. The van der Waals surface area contributed by atoms with Crippen LogP contribution in [0, 0.1) is 17.8 Å². The number of hydrogen-bond donors (Lipinski definition) is 0. The minimum absolute atomic E-state index is 0.0627. The second-order valence-corrected chi connectivity index (χ2v) is 8.83. The molecule has 19 heavy (non-hydrogen) atoms. The SMILES string of the molecule is O=C1[C@@H]2CN(S(=O)(=O)C3CC3)C[C@@H]2CN1CC1CC1. The highest BCUT2D eigenvalue weighted by molar-refractivity contribution is 7.90. The van der Waals surface area contributed by atoms with Crippen LogP contribution < -0.4 is 0 Å². The van der Waals surface area contributed by atoms with Gasteiger partial charge in [-0.3, -0.25) is 4.79 Å². The fraction of sp³-hybridized carbons (Fsp3) is 0.923. The van der Waals surface area contributed by atoms with Gasteiger partial charge in [-0.1, -0.05) is 0 Å². The molecule has 2 saturated heterocycles. The number of amides is 1. The smallest absolute Gasteiger partial charge is 0.227 e. The van der Waals surface area contributed by atoms with Crippen molar-refractivity contribution in [2.75, 3.05) is 26.2 Å². The Bertz CT molecular complexity index is 510. The van der Waals surface area contributed by atoms with Crippen LogP contribution in [0.15, 0.2) is 0 Å². The molecule has 6 heteroatoms. The molecule has 1 amide bonds. The third-order valence-electron chi connectivity index (χ3n) is 4.97. The van der Waals surface area contributed by atoms with Crippen LogP contribution in [0.25, 0.3) is 0 Å². The second kappa shape index (κ2) is 3.95. The predicted molar refractivity (Wildman–Crippen MR) is 69.8 cm³/mol. The Hall–Kier alpha value is -0.620. The van der Waals surface area contributed by atoms with Crippen LogP contribution in [0.2, 0.25) is 0 Å². The third kappa shape index (κ3) is 2.00. The van der Waals surface area contributed by atoms with Crippen molar-refractivity contribution in [2.45, 2.75) is 30.9 Å². The first kappa shape index (κ1) is 12.1. The zero-order chi connectivity index (χ0) is 13.2. The molecule has 4 aliphatic rings. The Balaban J connectivity index is 1.45. The molecule has 0 bridgehead atoms. The second-order valence-electron chi connectivity index (χ2n) is 6.61. The van der Waals surface area contributed by atoms with Crippen molar-refractivity contribution in [1.29, 1.82) is 0 Å². The van der Waals surface area contributed by atoms with Gasteiger partial charge >= 0.3 is 0 Å². The summed E-state index contributed by atoms with van der Waals surface area (Å²) in [6.07, 6.45) is 4.11. The van der Waals surface area contributed by atoms with Crippen LogP contribution in [0.5, 0.6) is 0 Å². The molecule has 0 aromatic carbocycles. The van der Waals surface area contributed by atoms with E-state index in [-0.39, 0.29) is 23.0 Å². The van der Waals surface area contributed by atoms with Crippen molar-refractivity contribution in [2.24, 2.45) is 17.8 Å². The lowest BCUT2D eigenvalue weighted by molar-refractivity contribution is -0.131. The summed E-state index contributed by atoms with van der Waals surface area (Å²) in [5.74, 6) is 1.09. The maximum Gasteiger partial charge on any atom is 0.227 e. The van der Waals surface area contributed by atoms with Gasteiger partial charge in [-0.15, -0.1) is 0 Å². The van der Waals surface area contributed by atoms with E-state index in [1.54, 1.807) is 4.31 Å². The molecule has 4 fully saturated rings. The van der Waals surface area contributed by atoms with E-state index in [2.05, 4.69) is 0 Å². The molecule has 0 aromatic heterocycles. The van der Waals surface area contributed by atoms with E-state index < -0.39 is 10.0 Å². The highest BCUT2D eigenvalue weighted by Gasteiger charge is 2.52. The van der Waals surface area contributed by atoms with E-state index in [0.717, 1.165) is 25.9 Å². The molecule has 2 heterocycles. The summed E-state index contributed by atoms with van der Waals surface area (Å²) in [5.41, 5.74) is 0. The first-order valence-electron chi connectivity index (χ1n) is 7.33. The van der Waals surface area contributed by atoms with Gasteiger partial charge in [0.15, 0.2) is 0 Å². The van der Waals surface area contributed by atoms with Crippen molar-refractivity contribution in [3.05, 3.63) is 0 Å². The fourth-order valence-corrected chi connectivity index (χ4v) is 5.39. The Morgan fingerprint density at radius 3 is 2.37 bits per heavy atom. The highest BCUT2D eigenvalue weighted by Crippen LogP contribution is 2.40. The summed E-state index contributed by atoms with van der Waals surface area (Å²) >= 11 is 0. The number of carbonyl (C=O) groups excluding carboxylic acids is 1. The number of sulfonamides is 1. The average Bonchev–Trinajstić information content (AvgIpc) is 3.24. The van der Waals surface area contributed by atoms with Crippen molar-refractivity contribution >= 4 is 15.9 Å². The Labute approximate surface area is 114 Å². The lowest BCUT2D eigenvalue weighted by Gasteiger charge is -2.21. The highest BCUT2D eigenvalue weighted by atomic mass is 32.2. The van der Waals surface area contributed by atoms with Crippen LogP contribution in [-0.2, 0) is 14.8 Å². The third-order valence-corrected chi connectivity index (χ3v) is 7.30. The van der Waals surface area contributed by atoms with Crippen molar-refractivity contribution in [1.82, 2.24) is 9.21 Å². The molecule has 5 nitrogen and oxygen atoms in total. The lowest BCUT2D eigenvalue weighted by atomic mass is 10.0. The summed E-state index contributed by atoms with van der Waals surface area (Å²) in [6, 6.07) is 0. The summed E-state index contributed by atoms with van der Waals surface area (Å²) < 4.78 is 26.0. The number of fused-ring (bicyclic) bond motifs is 1. The minimum atomic E-state index is -3.10. The van der Waals surface area contributed by atoms with E-state index in [0.29, 0.717) is 19.0 Å². The predicted octanol–water partition coefficient (Wildman–Crippen LogP) is 0.279. The van der Waals surface area contributed by atoms with Crippen molar-refractivity contribution < 1.29 is 13.2 Å². The molecule has 2 aliphatic carbocycles. The molecular formula is C13H20N2O3S. The molecule has 2 aliphatic heterocycles. The molecule has 0 N–H and O–H groups in total. The van der Waals surface area contributed by atoms with Gasteiger partial charge in [0.1, 0.15) is 0 Å². The van der Waals surface area contributed by atoms with E-state index in [1.807, 2.05) is 4.90 Å². The van der Waals surface area contributed by atoms with Crippen LogP contribution in [-0.4, -0.2) is 55.0 Å². The van der Waals surface area contributed by atoms with E-state index in [4.69, 9.17) is 0 Å². The van der Waals surface area contributed by atoms with Gasteiger partial charge in [-0.2, -0.15) is 0 Å². The topological polar surface area (TPSA) is 57.7 Å². The molecule has 0 unspecified atom stereocenters. The zero-order valence-electron chi connectivity index (χ0n) is 11.0. The fourth-order valence-electron chi connectivity index (χ4n) is 3.47. The first-order valence-corrected chi connectivity index (χ1v) is 8.84. The molecule has 0 radical (unpaired) electrons. The minimum Gasteiger partial charge on any atom is -0.342 e.